The smallest absolute Gasteiger partial charge is 0.277 e. The quantitative estimate of drug-likeness (QED) is 0.430. The van der Waals surface area contributed by atoms with Gasteiger partial charge in [0.25, 0.3) is 11.8 Å². The average Bonchev–Trinajstić information content (AvgIpc) is 3.36. The Hall–Kier alpha value is -4.19. The number of carbonyl (C=O) groups is 2. The Morgan fingerprint density at radius 3 is 2.75 bits per heavy atom. The average molecular weight is 502 g/mol. The molecule has 0 unspecified atom stereocenters. The highest BCUT2D eigenvalue weighted by Crippen LogP contribution is 2.23. The van der Waals surface area contributed by atoms with E-state index in [1.165, 1.54) is 28.2 Å². The lowest BCUT2D eigenvalue weighted by Gasteiger charge is -2.39. The van der Waals surface area contributed by atoms with Gasteiger partial charge in [-0.3, -0.25) is 24.1 Å². The van der Waals surface area contributed by atoms with E-state index in [1.807, 2.05) is 0 Å². The molecule has 0 bridgehead atoms. The highest BCUT2D eigenvalue weighted by Gasteiger charge is 2.34. The molecule has 10 nitrogen and oxygen atoms in total. The Labute approximate surface area is 204 Å². The summed E-state index contributed by atoms with van der Waals surface area (Å²) in [6, 6.07) is 4.62. The Morgan fingerprint density at radius 2 is 2.06 bits per heavy atom. The third-order valence-corrected chi connectivity index (χ3v) is 5.71. The molecule has 36 heavy (non-hydrogen) atoms. The van der Waals surface area contributed by atoms with E-state index in [9.17, 15) is 28.3 Å². The van der Waals surface area contributed by atoms with Crippen LogP contribution in [0.1, 0.15) is 38.4 Å². The fourth-order valence-electron chi connectivity index (χ4n) is 3.88. The maximum Gasteiger partial charge on any atom is 0.277 e. The number of fused-ring (bicyclic) bond motifs is 1. The van der Waals surface area contributed by atoms with Gasteiger partial charge in [0.05, 0.1) is 19.1 Å². The molecule has 2 aromatic heterocycles. The van der Waals surface area contributed by atoms with Gasteiger partial charge in [-0.1, -0.05) is 6.07 Å². The summed E-state index contributed by atoms with van der Waals surface area (Å²) in [4.78, 5) is 40.3. The molecule has 0 fully saturated rings. The monoisotopic (exact) mass is 502 g/mol. The second-order valence-electron chi connectivity index (χ2n) is 8.18. The number of hydrogen-bond donors (Lipinski definition) is 2. The van der Waals surface area contributed by atoms with E-state index in [1.54, 1.807) is 18.2 Å². The summed E-state index contributed by atoms with van der Waals surface area (Å²) >= 11 is 0. The number of carbonyl (C=O) groups excluding carboxylic acids is 2. The van der Waals surface area contributed by atoms with Crippen LogP contribution < -0.4 is 15.8 Å². The van der Waals surface area contributed by atoms with Crippen molar-refractivity contribution >= 4 is 11.8 Å². The van der Waals surface area contributed by atoms with Crippen molar-refractivity contribution < 1.29 is 32.6 Å². The van der Waals surface area contributed by atoms with Crippen LogP contribution in [-0.2, 0) is 17.8 Å². The van der Waals surface area contributed by atoms with Crippen molar-refractivity contribution in [3.8, 4) is 5.75 Å². The van der Waals surface area contributed by atoms with E-state index in [0.717, 1.165) is 17.8 Å². The molecule has 190 valence electrons. The number of aromatic hydroxyl groups is 1. The minimum absolute atomic E-state index is 0.00972. The van der Waals surface area contributed by atoms with E-state index in [4.69, 9.17) is 9.15 Å². The standard InChI is InChI=1S/C24H24F2N4O6/c1-35-7-2-6-28-14-29(11-15-5-8-36-13-15)30-12-18(21(31)22(32)20(30)24(28)34)23(33)27-10-16-3-4-17(25)9-19(16)26/h3-5,8-9,12-13,32H,2,6-7,10-11,14H2,1H3,(H,27,33). The normalized spacial score (nSPS) is 13.1. The van der Waals surface area contributed by atoms with Gasteiger partial charge in [-0.25, -0.2) is 8.78 Å². The minimum Gasteiger partial charge on any atom is -0.502 e. The fraction of sp³-hybridized carbons (Fsp3) is 0.292. The molecule has 4 rings (SSSR count). The molecule has 2 amide bonds. The molecule has 0 radical (unpaired) electrons. The first-order valence-corrected chi connectivity index (χ1v) is 11.1. The van der Waals surface area contributed by atoms with Gasteiger partial charge in [-0.2, -0.15) is 0 Å². The maximum absolute atomic E-state index is 13.9. The zero-order valence-electron chi connectivity index (χ0n) is 19.4. The van der Waals surface area contributed by atoms with Gasteiger partial charge in [-0.05, 0) is 18.6 Å². The molecule has 3 heterocycles. The number of rotatable bonds is 9. The fourth-order valence-corrected chi connectivity index (χ4v) is 3.88. The first-order chi connectivity index (χ1) is 17.3. The number of nitrogens with zero attached hydrogens (tertiary/aromatic N) is 3. The van der Waals surface area contributed by atoms with Crippen LogP contribution in [0.5, 0.6) is 5.75 Å². The molecule has 0 aliphatic carbocycles. The number of methoxy groups -OCH3 is 1. The van der Waals surface area contributed by atoms with Crippen molar-refractivity contribution in [2.24, 2.45) is 0 Å². The van der Waals surface area contributed by atoms with Crippen LogP contribution in [-0.4, -0.2) is 53.4 Å². The van der Waals surface area contributed by atoms with Crippen molar-refractivity contribution in [1.82, 2.24) is 14.9 Å². The summed E-state index contributed by atoms with van der Waals surface area (Å²) < 4.78 is 38.5. The van der Waals surface area contributed by atoms with Crippen LogP contribution in [0.4, 0.5) is 8.78 Å². The summed E-state index contributed by atoms with van der Waals surface area (Å²) in [5, 5.41) is 14.8. The number of aromatic nitrogens is 1. The molecule has 1 aromatic carbocycles. The number of ether oxygens (including phenoxy) is 1. The van der Waals surface area contributed by atoms with Gasteiger partial charge in [0.15, 0.2) is 11.4 Å². The molecular formula is C24H24F2N4O6. The number of nitrogens with one attached hydrogen (secondary N) is 1. The minimum atomic E-state index is -1.05. The zero-order valence-corrected chi connectivity index (χ0v) is 19.4. The molecule has 0 saturated heterocycles. The first-order valence-electron chi connectivity index (χ1n) is 11.1. The third kappa shape index (κ3) is 5.08. The van der Waals surface area contributed by atoms with Gasteiger partial charge in [-0.15, -0.1) is 0 Å². The summed E-state index contributed by atoms with van der Waals surface area (Å²) in [5.74, 6) is -3.98. The molecule has 0 saturated carbocycles. The molecule has 3 aromatic rings. The van der Waals surface area contributed by atoms with Gasteiger partial charge >= 0.3 is 0 Å². The van der Waals surface area contributed by atoms with E-state index in [-0.39, 0.29) is 31.0 Å². The van der Waals surface area contributed by atoms with E-state index in [0.29, 0.717) is 25.6 Å². The Morgan fingerprint density at radius 1 is 1.25 bits per heavy atom. The molecule has 0 atom stereocenters. The van der Waals surface area contributed by atoms with E-state index < -0.39 is 40.2 Å². The molecule has 12 heteroatoms. The highest BCUT2D eigenvalue weighted by molar-refractivity contribution is 5.99. The number of furan rings is 1. The van der Waals surface area contributed by atoms with Crippen LogP contribution in [0.15, 0.2) is 52.2 Å². The Balaban J connectivity index is 1.66. The molecule has 2 N–H and O–H groups in total. The highest BCUT2D eigenvalue weighted by atomic mass is 19.1. The van der Waals surface area contributed by atoms with Crippen LogP contribution in [0.3, 0.4) is 0 Å². The largest absolute Gasteiger partial charge is 0.502 e. The van der Waals surface area contributed by atoms with Crippen LogP contribution in [0.25, 0.3) is 0 Å². The lowest BCUT2D eigenvalue weighted by Crippen LogP contribution is -2.54. The van der Waals surface area contributed by atoms with E-state index >= 15 is 0 Å². The summed E-state index contributed by atoms with van der Waals surface area (Å²) in [7, 11) is 1.54. The van der Waals surface area contributed by atoms with Crippen molar-refractivity contribution in [3.05, 3.63) is 87.2 Å². The van der Waals surface area contributed by atoms with Crippen LogP contribution in [0.2, 0.25) is 0 Å². The SMILES string of the molecule is COCCCN1CN(Cc2ccoc2)n2cc(C(=O)NCc3ccc(F)cc3F)c(=O)c(O)c2C1=O. The summed E-state index contributed by atoms with van der Waals surface area (Å²) in [6.45, 7) is 0.746. The van der Waals surface area contributed by atoms with Gasteiger partial charge in [0.2, 0.25) is 5.43 Å². The van der Waals surface area contributed by atoms with Gasteiger partial charge < -0.3 is 24.5 Å². The zero-order chi connectivity index (χ0) is 25.8. The Kier molecular flexibility index (Phi) is 7.34. The summed E-state index contributed by atoms with van der Waals surface area (Å²) in [5.41, 5.74) is -1.02. The topological polar surface area (TPSA) is 117 Å². The summed E-state index contributed by atoms with van der Waals surface area (Å²) in [6.07, 6.45) is 4.70. The van der Waals surface area contributed by atoms with Crippen LogP contribution in [0, 0.1) is 11.6 Å². The number of pyridine rings is 1. The maximum atomic E-state index is 13.9. The predicted octanol–water partition coefficient (Wildman–Crippen LogP) is 1.94. The number of halogens is 2. The first kappa shape index (κ1) is 24.9. The lowest BCUT2D eigenvalue weighted by molar-refractivity contribution is 0.0663. The predicted molar refractivity (Wildman–Crippen MR) is 123 cm³/mol. The van der Waals surface area contributed by atoms with E-state index in [2.05, 4.69) is 5.32 Å². The molecular weight excluding hydrogens is 478 g/mol. The van der Waals surface area contributed by atoms with Crippen molar-refractivity contribution in [2.75, 3.05) is 31.9 Å². The van der Waals surface area contributed by atoms with Crippen molar-refractivity contribution in [2.45, 2.75) is 19.5 Å². The van der Waals surface area contributed by atoms with Gasteiger partial charge in [0, 0.05) is 50.2 Å². The second kappa shape index (κ2) is 10.6. The van der Waals surface area contributed by atoms with Crippen molar-refractivity contribution in [1.29, 1.82) is 0 Å². The Bertz CT molecular complexity index is 1320. The second-order valence-corrected chi connectivity index (χ2v) is 8.18. The number of amides is 2. The van der Waals surface area contributed by atoms with Crippen molar-refractivity contribution in [3.63, 3.8) is 0 Å². The molecule has 1 aliphatic heterocycles. The number of benzene rings is 1. The van der Waals surface area contributed by atoms with Gasteiger partial charge in [0.1, 0.15) is 23.9 Å². The third-order valence-electron chi connectivity index (χ3n) is 5.71. The number of hydrogen-bond acceptors (Lipinski definition) is 7. The van der Waals surface area contributed by atoms with Crippen LogP contribution >= 0.6 is 0 Å². The lowest BCUT2D eigenvalue weighted by atomic mass is 10.1. The molecule has 0 spiro atoms. The molecule has 1 aliphatic rings.